The maximum absolute atomic E-state index is 11.7. The van der Waals surface area contributed by atoms with E-state index in [-0.39, 0.29) is 48.1 Å². The molecule has 0 saturated heterocycles. The Balaban J connectivity index is 2.78. The maximum atomic E-state index is 11.7. The van der Waals surface area contributed by atoms with E-state index in [0.29, 0.717) is 0 Å². The minimum Gasteiger partial charge on any atom is -0.397 e. The van der Waals surface area contributed by atoms with E-state index >= 15 is 0 Å². The minimum absolute atomic E-state index is 0.0591. The molecule has 0 unspecified atom stereocenters. The van der Waals surface area contributed by atoms with Crippen LogP contribution in [-0.2, 0) is 0 Å². The molecule has 160 valence electrons. The molecular formula is C16H18N6O8. The number of nitrogens with zero attached hydrogens (tertiary/aromatic N) is 4. The largest absolute Gasteiger partial charge is 0.397 e. The van der Waals surface area contributed by atoms with Crippen molar-refractivity contribution in [3.8, 4) is 0 Å². The lowest BCUT2D eigenvalue weighted by Crippen LogP contribution is -2.25. The van der Waals surface area contributed by atoms with Crippen LogP contribution >= 0.6 is 0 Å². The zero-order chi connectivity index (χ0) is 22.4. The van der Waals surface area contributed by atoms with E-state index in [1.165, 1.54) is 11.0 Å². The number of anilines is 4. The van der Waals surface area contributed by atoms with Crippen LogP contribution in [0.25, 0.3) is 0 Å². The van der Waals surface area contributed by atoms with Gasteiger partial charge in [0.2, 0.25) is 0 Å². The third-order valence-corrected chi connectivity index (χ3v) is 4.02. The Morgan fingerprint density at radius 2 is 1.60 bits per heavy atom. The normalized spacial score (nSPS) is 10.5. The number of aliphatic hydroxyl groups excluding tert-OH is 2. The van der Waals surface area contributed by atoms with Crippen molar-refractivity contribution in [2.45, 2.75) is 0 Å². The summed E-state index contributed by atoms with van der Waals surface area (Å²) in [6.45, 7) is -1.14. The topological polar surface area (TPSA) is 211 Å². The van der Waals surface area contributed by atoms with Crippen molar-refractivity contribution in [2.75, 3.05) is 42.3 Å². The predicted octanol–water partition coefficient (Wildman–Crippen LogP) is 1.53. The number of benzene rings is 2. The third kappa shape index (κ3) is 4.68. The number of rotatable bonds is 10. The van der Waals surface area contributed by atoms with Crippen molar-refractivity contribution in [2.24, 2.45) is 0 Å². The molecular weight excluding hydrogens is 404 g/mol. The van der Waals surface area contributed by atoms with Crippen LogP contribution in [0, 0.1) is 30.3 Å². The molecule has 0 aliphatic carbocycles. The molecule has 5 N–H and O–H groups in total. The number of non-ortho nitro benzene ring substituents is 2. The number of nitrogen functional groups attached to an aromatic ring is 1. The molecule has 2 aromatic carbocycles. The van der Waals surface area contributed by atoms with Crippen LogP contribution in [0.3, 0.4) is 0 Å². The van der Waals surface area contributed by atoms with Gasteiger partial charge in [0.25, 0.3) is 11.4 Å². The first-order chi connectivity index (χ1) is 14.2. The summed E-state index contributed by atoms with van der Waals surface area (Å²) in [6, 6.07) is 5.24. The van der Waals surface area contributed by atoms with Crippen LogP contribution in [0.4, 0.5) is 39.8 Å². The maximum Gasteiger partial charge on any atom is 0.301 e. The van der Waals surface area contributed by atoms with Gasteiger partial charge in [-0.25, -0.2) is 0 Å². The number of nitro groups is 3. The first kappa shape index (κ1) is 22.3. The first-order valence-electron chi connectivity index (χ1n) is 8.45. The summed E-state index contributed by atoms with van der Waals surface area (Å²) >= 11 is 0. The molecule has 0 atom stereocenters. The van der Waals surface area contributed by atoms with Gasteiger partial charge in [-0.05, 0) is 6.07 Å². The molecule has 2 rings (SSSR count). The number of hydrogen-bond acceptors (Lipinski definition) is 11. The molecule has 0 fully saturated rings. The molecule has 0 radical (unpaired) electrons. The zero-order valence-electron chi connectivity index (χ0n) is 15.4. The van der Waals surface area contributed by atoms with Crippen molar-refractivity contribution < 1.29 is 25.0 Å². The van der Waals surface area contributed by atoms with Crippen molar-refractivity contribution >= 4 is 39.8 Å². The highest BCUT2D eigenvalue weighted by Gasteiger charge is 2.30. The molecule has 2 aromatic rings. The molecule has 0 aromatic heterocycles. The highest BCUT2D eigenvalue weighted by molar-refractivity contribution is 5.89. The van der Waals surface area contributed by atoms with Crippen molar-refractivity contribution in [1.29, 1.82) is 0 Å². The summed E-state index contributed by atoms with van der Waals surface area (Å²) in [7, 11) is 0. The van der Waals surface area contributed by atoms with Gasteiger partial charge in [-0.15, -0.1) is 0 Å². The lowest BCUT2D eigenvalue weighted by molar-refractivity contribution is -0.393. The van der Waals surface area contributed by atoms with Gasteiger partial charge in [0, 0.05) is 31.3 Å². The fraction of sp³-hybridized carbons (Fsp3) is 0.250. The van der Waals surface area contributed by atoms with Crippen molar-refractivity contribution in [3.63, 3.8) is 0 Å². The smallest absolute Gasteiger partial charge is 0.301 e. The first-order valence-corrected chi connectivity index (χ1v) is 8.45. The molecule has 0 saturated carbocycles. The van der Waals surface area contributed by atoms with E-state index in [1.807, 2.05) is 0 Å². The van der Waals surface area contributed by atoms with Gasteiger partial charge < -0.3 is 26.2 Å². The average molecular weight is 422 g/mol. The predicted molar refractivity (Wildman–Crippen MR) is 107 cm³/mol. The fourth-order valence-corrected chi connectivity index (χ4v) is 2.81. The summed E-state index contributed by atoms with van der Waals surface area (Å²) in [6.07, 6.45) is 0. The highest BCUT2D eigenvalue weighted by atomic mass is 16.6. The van der Waals surface area contributed by atoms with Gasteiger partial charge in [0.15, 0.2) is 0 Å². The fourth-order valence-electron chi connectivity index (χ4n) is 2.81. The Kier molecular flexibility index (Phi) is 7.00. The van der Waals surface area contributed by atoms with Crippen LogP contribution in [-0.4, -0.2) is 51.3 Å². The number of aliphatic hydroxyl groups is 2. The Bertz CT molecular complexity index is 982. The highest BCUT2D eigenvalue weighted by Crippen LogP contribution is 2.44. The molecule has 0 aliphatic rings. The number of nitrogens with two attached hydrogens (primary N) is 1. The Morgan fingerprint density at radius 1 is 0.933 bits per heavy atom. The van der Waals surface area contributed by atoms with E-state index < -0.39 is 32.8 Å². The summed E-state index contributed by atoms with van der Waals surface area (Å²) in [5.74, 6) is 0. The number of nitro benzene ring substituents is 3. The Hall–Kier alpha value is -4.04. The van der Waals surface area contributed by atoms with Gasteiger partial charge in [-0.1, -0.05) is 0 Å². The standard InChI is InChI=1S/C16H18N6O8/c17-12-7-10(20(25)26)1-2-14(12)19(4-6-24)16-13(18-3-5-23)8-11(21(27)28)9-15(16)22(29)30/h1-2,7-9,18,23-24H,3-6,17H2. The second-order valence-corrected chi connectivity index (χ2v) is 5.90. The molecule has 0 bridgehead atoms. The molecule has 14 nitrogen and oxygen atoms in total. The van der Waals surface area contributed by atoms with Crippen LogP contribution < -0.4 is 16.0 Å². The van der Waals surface area contributed by atoms with Gasteiger partial charge in [-0.2, -0.15) is 0 Å². The summed E-state index contributed by atoms with van der Waals surface area (Å²) in [5, 5.41) is 55.1. The minimum atomic E-state index is -0.835. The van der Waals surface area contributed by atoms with E-state index in [1.54, 1.807) is 0 Å². The van der Waals surface area contributed by atoms with Crippen LogP contribution in [0.15, 0.2) is 30.3 Å². The molecule has 14 heteroatoms. The SMILES string of the molecule is Nc1cc([N+](=O)[O-])ccc1N(CCO)c1c(NCCO)cc([N+](=O)[O-])cc1[N+](=O)[O-]. The average Bonchev–Trinajstić information content (AvgIpc) is 2.69. The van der Waals surface area contributed by atoms with Crippen molar-refractivity contribution in [3.05, 3.63) is 60.7 Å². The van der Waals surface area contributed by atoms with Crippen LogP contribution in [0.5, 0.6) is 0 Å². The van der Waals surface area contributed by atoms with Gasteiger partial charge in [0.05, 0.1) is 51.1 Å². The molecule has 0 amide bonds. The number of hydrogen-bond donors (Lipinski definition) is 4. The zero-order valence-corrected chi connectivity index (χ0v) is 15.4. The molecule has 30 heavy (non-hydrogen) atoms. The van der Waals surface area contributed by atoms with Gasteiger partial charge >= 0.3 is 5.69 Å². The summed E-state index contributed by atoms with van der Waals surface area (Å²) in [4.78, 5) is 32.8. The number of nitrogens with one attached hydrogen (secondary N) is 1. The van der Waals surface area contributed by atoms with Gasteiger partial charge in [0.1, 0.15) is 5.69 Å². The molecule has 0 aliphatic heterocycles. The second kappa shape index (κ2) is 9.44. The summed E-state index contributed by atoms with van der Waals surface area (Å²) < 4.78 is 0. The van der Waals surface area contributed by atoms with Gasteiger partial charge in [-0.3, -0.25) is 30.3 Å². The van der Waals surface area contributed by atoms with E-state index in [4.69, 9.17) is 10.8 Å². The molecule has 0 spiro atoms. The monoisotopic (exact) mass is 422 g/mol. The van der Waals surface area contributed by atoms with Crippen molar-refractivity contribution in [1.82, 2.24) is 0 Å². The second-order valence-electron chi connectivity index (χ2n) is 5.90. The van der Waals surface area contributed by atoms with E-state index in [2.05, 4.69) is 5.32 Å². The lowest BCUT2D eigenvalue weighted by Gasteiger charge is -2.27. The Labute approximate surface area is 168 Å². The van der Waals surface area contributed by atoms with E-state index in [0.717, 1.165) is 24.3 Å². The van der Waals surface area contributed by atoms with Crippen LogP contribution in [0.1, 0.15) is 0 Å². The lowest BCUT2D eigenvalue weighted by atomic mass is 10.1. The summed E-state index contributed by atoms with van der Waals surface area (Å²) in [5.41, 5.74) is 4.18. The molecule has 0 heterocycles. The Morgan fingerprint density at radius 3 is 2.10 bits per heavy atom. The third-order valence-electron chi connectivity index (χ3n) is 4.02. The van der Waals surface area contributed by atoms with E-state index in [9.17, 15) is 35.4 Å². The van der Waals surface area contributed by atoms with Crippen LogP contribution in [0.2, 0.25) is 0 Å². The quantitative estimate of drug-likeness (QED) is 0.245.